The Kier molecular flexibility index (Phi) is 6.97. The van der Waals surface area contributed by atoms with E-state index in [0.29, 0.717) is 25.2 Å². The van der Waals surface area contributed by atoms with Gasteiger partial charge in [-0.1, -0.05) is 23.2 Å². The second-order valence-corrected chi connectivity index (χ2v) is 13.4. The van der Waals surface area contributed by atoms with Crippen molar-refractivity contribution in [3.63, 3.8) is 0 Å². The number of rotatable bonds is 6. The van der Waals surface area contributed by atoms with E-state index in [-0.39, 0.29) is 52.6 Å². The monoisotopic (exact) mass is 598 g/mol. The molecule has 1 aromatic rings. The van der Waals surface area contributed by atoms with Crippen molar-refractivity contribution in [2.75, 3.05) is 23.9 Å². The molecule has 2 unspecified atom stereocenters. The van der Waals surface area contributed by atoms with Crippen molar-refractivity contribution in [3.05, 3.63) is 22.2 Å². The van der Waals surface area contributed by atoms with E-state index < -0.39 is 40.2 Å². The first-order valence-corrected chi connectivity index (χ1v) is 14.5. The minimum absolute atomic E-state index is 0.0251. The van der Waals surface area contributed by atoms with Gasteiger partial charge in [-0.2, -0.15) is 12.7 Å². The molecule has 5 aliphatic rings. The Labute approximate surface area is 227 Å². The molecule has 3 N–H and O–H groups in total. The number of nitrogens with one attached hydrogen (secondary N) is 1. The van der Waals surface area contributed by atoms with Crippen LogP contribution in [0.5, 0.6) is 5.75 Å². The standard InChI is InChI=1S/C23H27Cl2F3N4O5S/c24-16-6-15(37-23(26,27)28)7-17(25)20(16)32-3-1-2-31(38(32,35)36)11-18(33)30-19-13-4-12-5-14(19)10-22(8-12,9-13)21(29)34/h6-7,12-14,19H,1-5,8-11H2,(H2,29,34)(H,30,33). The van der Waals surface area contributed by atoms with Crippen LogP contribution >= 0.6 is 23.2 Å². The van der Waals surface area contributed by atoms with Gasteiger partial charge in [-0.3, -0.25) is 13.9 Å². The Bertz CT molecular complexity index is 1220. The normalized spacial score (nSPS) is 32.3. The molecule has 6 rings (SSSR count). The lowest BCUT2D eigenvalue weighted by Crippen LogP contribution is -2.63. The van der Waals surface area contributed by atoms with E-state index in [2.05, 4.69) is 10.1 Å². The van der Waals surface area contributed by atoms with Crippen molar-refractivity contribution in [2.24, 2.45) is 28.9 Å². The number of nitrogens with zero attached hydrogens (tertiary/aromatic N) is 2. The van der Waals surface area contributed by atoms with Gasteiger partial charge in [-0.15, -0.1) is 13.2 Å². The molecule has 4 aliphatic carbocycles. The number of amides is 2. The first-order chi connectivity index (χ1) is 17.7. The van der Waals surface area contributed by atoms with Crippen LogP contribution in [0.15, 0.2) is 12.1 Å². The smallest absolute Gasteiger partial charge is 0.406 e. The molecule has 0 spiro atoms. The predicted octanol–water partition coefficient (Wildman–Crippen LogP) is 3.45. The minimum Gasteiger partial charge on any atom is -0.406 e. The fourth-order valence-corrected chi connectivity index (χ4v) is 9.55. The molecule has 1 aliphatic heterocycles. The third-order valence-electron chi connectivity index (χ3n) is 8.29. The number of ether oxygens (including phenoxy) is 1. The lowest BCUT2D eigenvalue weighted by molar-refractivity contribution is -0.274. The van der Waals surface area contributed by atoms with Gasteiger partial charge in [0.05, 0.1) is 22.3 Å². The highest BCUT2D eigenvalue weighted by atomic mass is 35.5. The van der Waals surface area contributed by atoms with Gasteiger partial charge in [-0.05, 0) is 56.3 Å². The molecule has 1 saturated heterocycles. The summed E-state index contributed by atoms with van der Waals surface area (Å²) in [6.45, 7) is -0.395. The fourth-order valence-electron chi connectivity index (χ4n) is 7.08. The van der Waals surface area contributed by atoms with Crippen LogP contribution in [0.2, 0.25) is 10.0 Å². The Morgan fingerprint density at radius 2 is 1.71 bits per heavy atom. The van der Waals surface area contributed by atoms with Crippen molar-refractivity contribution in [3.8, 4) is 5.75 Å². The molecular formula is C23H27Cl2F3N4O5S. The van der Waals surface area contributed by atoms with Crippen LogP contribution in [-0.4, -0.2) is 56.6 Å². The summed E-state index contributed by atoms with van der Waals surface area (Å²) in [4.78, 5) is 25.2. The van der Waals surface area contributed by atoms with E-state index in [4.69, 9.17) is 28.9 Å². The van der Waals surface area contributed by atoms with E-state index in [0.717, 1.165) is 40.0 Å². The molecule has 2 atom stereocenters. The second kappa shape index (κ2) is 9.60. The number of alkyl halides is 3. The number of carbonyl (C=O) groups is 2. The van der Waals surface area contributed by atoms with Gasteiger partial charge < -0.3 is 15.8 Å². The summed E-state index contributed by atoms with van der Waals surface area (Å²) in [6.07, 6.45) is -0.798. The van der Waals surface area contributed by atoms with Crippen molar-refractivity contribution >= 4 is 50.9 Å². The van der Waals surface area contributed by atoms with Crippen LogP contribution in [0.25, 0.3) is 0 Å². The maximum atomic E-state index is 13.4. The van der Waals surface area contributed by atoms with Gasteiger partial charge in [0.1, 0.15) is 5.75 Å². The Hall–Kier alpha value is -1.96. The quantitative estimate of drug-likeness (QED) is 0.519. The zero-order valence-electron chi connectivity index (χ0n) is 20.1. The number of carbonyl (C=O) groups excluding carboxylic acids is 2. The Balaban J connectivity index is 1.29. The van der Waals surface area contributed by atoms with E-state index in [9.17, 15) is 31.2 Å². The average molecular weight is 599 g/mol. The maximum Gasteiger partial charge on any atom is 0.573 e. The van der Waals surface area contributed by atoms with Crippen molar-refractivity contribution in [2.45, 2.75) is 50.9 Å². The molecule has 38 heavy (non-hydrogen) atoms. The van der Waals surface area contributed by atoms with Gasteiger partial charge in [0.2, 0.25) is 11.8 Å². The van der Waals surface area contributed by atoms with Crippen LogP contribution in [0, 0.1) is 23.2 Å². The van der Waals surface area contributed by atoms with Crippen molar-refractivity contribution in [1.82, 2.24) is 9.62 Å². The summed E-state index contributed by atoms with van der Waals surface area (Å²) >= 11 is 12.3. The first-order valence-electron chi connectivity index (χ1n) is 12.3. The molecule has 4 saturated carbocycles. The van der Waals surface area contributed by atoms with E-state index in [1.54, 1.807) is 0 Å². The van der Waals surface area contributed by atoms with Gasteiger partial charge >= 0.3 is 16.6 Å². The molecule has 2 amide bonds. The Morgan fingerprint density at radius 1 is 1.11 bits per heavy atom. The molecule has 1 aromatic carbocycles. The molecule has 15 heteroatoms. The summed E-state index contributed by atoms with van der Waals surface area (Å²) in [5, 5.41) is 2.33. The highest BCUT2D eigenvalue weighted by molar-refractivity contribution is 7.90. The molecular weight excluding hydrogens is 572 g/mol. The summed E-state index contributed by atoms with van der Waals surface area (Å²) in [6, 6.07) is 1.52. The molecule has 1 heterocycles. The van der Waals surface area contributed by atoms with Crippen LogP contribution in [-0.2, 0) is 19.8 Å². The molecule has 0 aromatic heterocycles. The lowest BCUT2D eigenvalue weighted by atomic mass is 9.47. The fraction of sp³-hybridized carbons (Fsp3) is 0.652. The number of nitrogens with two attached hydrogens (primary N) is 1. The van der Waals surface area contributed by atoms with Gasteiger partial charge in [0.15, 0.2) is 0 Å². The van der Waals surface area contributed by atoms with Crippen molar-refractivity contribution < 1.29 is 35.9 Å². The van der Waals surface area contributed by atoms with Crippen LogP contribution in [0.1, 0.15) is 38.5 Å². The number of primary amides is 1. The third-order valence-corrected chi connectivity index (χ3v) is 10.8. The van der Waals surface area contributed by atoms with Crippen LogP contribution in [0.4, 0.5) is 18.9 Å². The van der Waals surface area contributed by atoms with Gasteiger partial charge in [-0.25, -0.2) is 0 Å². The second-order valence-electron chi connectivity index (χ2n) is 10.8. The minimum atomic E-state index is -4.98. The molecule has 5 fully saturated rings. The van der Waals surface area contributed by atoms with Crippen LogP contribution in [0.3, 0.4) is 0 Å². The van der Waals surface area contributed by atoms with Crippen molar-refractivity contribution in [1.29, 1.82) is 0 Å². The lowest BCUT2D eigenvalue weighted by Gasteiger charge is -2.58. The van der Waals surface area contributed by atoms with Gasteiger partial charge in [0, 0.05) is 36.7 Å². The SMILES string of the molecule is NC(=O)C12CC3CC(C1)C(NC(=O)CN1CCCN(c4c(Cl)cc(OC(F)(F)F)cc4Cl)S1(=O)=O)C(C3)C2. The van der Waals surface area contributed by atoms with E-state index in [1.165, 1.54) is 0 Å². The number of hydrogen-bond donors (Lipinski definition) is 2. The Morgan fingerprint density at radius 3 is 2.26 bits per heavy atom. The average Bonchev–Trinajstić information content (AvgIpc) is 2.76. The zero-order valence-corrected chi connectivity index (χ0v) is 22.5. The first kappa shape index (κ1) is 27.6. The molecule has 4 bridgehead atoms. The summed E-state index contributed by atoms with van der Waals surface area (Å²) in [5.74, 6) is -0.796. The number of halogens is 5. The largest absolute Gasteiger partial charge is 0.573 e. The highest BCUT2D eigenvalue weighted by Crippen LogP contribution is 2.60. The zero-order chi connectivity index (χ0) is 27.6. The van der Waals surface area contributed by atoms with Gasteiger partial charge in [0.25, 0.3) is 0 Å². The summed E-state index contributed by atoms with van der Waals surface area (Å²) in [7, 11) is -4.27. The topological polar surface area (TPSA) is 122 Å². The summed E-state index contributed by atoms with van der Waals surface area (Å²) < 4.78 is 70.3. The molecule has 9 nitrogen and oxygen atoms in total. The highest BCUT2D eigenvalue weighted by Gasteiger charge is 2.58. The van der Waals surface area contributed by atoms with Crippen LogP contribution < -0.4 is 20.1 Å². The van der Waals surface area contributed by atoms with E-state index >= 15 is 0 Å². The molecule has 210 valence electrons. The third kappa shape index (κ3) is 5.02. The maximum absolute atomic E-state index is 13.4. The van der Waals surface area contributed by atoms with E-state index in [1.807, 2.05) is 0 Å². The molecule has 0 radical (unpaired) electrons. The number of anilines is 1. The predicted molar refractivity (Wildman–Crippen MR) is 133 cm³/mol. The summed E-state index contributed by atoms with van der Waals surface area (Å²) in [5.41, 5.74) is 5.03. The number of hydrogen-bond acceptors (Lipinski definition) is 5. The number of benzene rings is 1.